The third kappa shape index (κ3) is 6.59. The standard InChI is InChI=1S/C19H26F3NO2/c1-18(2,3)14-6-8-15(9-7-14)23-17(24)12-13-4-10-16(11-5-13)25-19(20,21)22/h4-5,10-11,14-15H,6-9,12H2,1-3H3,(H,23,24). The van der Waals surface area contributed by atoms with Crippen LogP contribution < -0.4 is 10.1 Å². The Morgan fingerprint density at radius 1 is 1.08 bits per heavy atom. The van der Waals surface area contributed by atoms with E-state index in [0.717, 1.165) is 25.7 Å². The number of alkyl halides is 3. The molecular formula is C19H26F3NO2. The molecule has 0 saturated heterocycles. The molecule has 6 heteroatoms. The van der Waals surface area contributed by atoms with Gasteiger partial charge in [0.1, 0.15) is 5.75 Å². The molecule has 0 aliphatic heterocycles. The highest BCUT2D eigenvalue weighted by atomic mass is 19.4. The molecule has 2 rings (SSSR count). The Morgan fingerprint density at radius 2 is 1.64 bits per heavy atom. The number of rotatable bonds is 4. The van der Waals surface area contributed by atoms with Crippen LogP contribution in [0.15, 0.2) is 24.3 Å². The number of halogens is 3. The van der Waals surface area contributed by atoms with Gasteiger partial charge in [-0.1, -0.05) is 32.9 Å². The van der Waals surface area contributed by atoms with Gasteiger partial charge in [-0.15, -0.1) is 13.2 Å². The zero-order valence-electron chi connectivity index (χ0n) is 15.0. The molecule has 1 aromatic rings. The van der Waals surface area contributed by atoms with Gasteiger partial charge < -0.3 is 10.1 Å². The molecule has 0 atom stereocenters. The van der Waals surface area contributed by atoms with Crippen molar-refractivity contribution in [2.45, 2.75) is 65.3 Å². The van der Waals surface area contributed by atoms with Crippen molar-refractivity contribution < 1.29 is 22.7 Å². The van der Waals surface area contributed by atoms with E-state index in [2.05, 4.69) is 30.8 Å². The van der Waals surface area contributed by atoms with E-state index in [4.69, 9.17) is 0 Å². The summed E-state index contributed by atoms with van der Waals surface area (Å²) < 4.78 is 40.2. The van der Waals surface area contributed by atoms with Crippen LogP contribution in [-0.2, 0) is 11.2 Å². The highest BCUT2D eigenvalue weighted by molar-refractivity contribution is 5.78. The van der Waals surface area contributed by atoms with Crippen LogP contribution in [0.4, 0.5) is 13.2 Å². The highest BCUT2D eigenvalue weighted by Crippen LogP contribution is 2.37. The summed E-state index contributed by atoms with van der Waals surface area (Å²) in [6, 6.07) is 5.61. The smallest absolute Gasteiger partial charge is 0.406 e. The van der Waals surface area contributed by atoms with Gasteiger partial charge in [0.05, 0.1) is 6.42 Å². The normalized spacial score (nSPS) is 21.7. The molecule has 0 unspecified atom stereocenters. The Hall–Kier alpha value is -1.72. The van der Waals surface area contributed by atoms with E-state index >= 15 is 0 Å². The average molecular weight is 357 g/mol. The molecule has 0 radical (unpaired) electrons. The number of carbonyl (C=O) groups excluding carboxylic acids is 1. The maximum atomic E-state index is 12.2. The number of carbonyl (C=O) groups is 1. The molecular weight excluding hydrogens is 331 g/mol. The Kier molecular flexibility index (Phi) is 6.01. The SMILES string of the molecule is CC(C)(C)C1CCC(NC(=O)Cc2ccc(OC(F)(F)F)cc2)CC1. The molecule has 1 aliphatic carbocycles. The van der Waals surface area contributed by atoms with Gasteiger partial charge in [-0.2, -0.15) is 0 Å². The monoisotopic (exact) mass is 357 g/mol. The highest BCUT2D eigenvalue weighted by Gasteiger charge is 2.31. The topological polar surface area (TPSA) is 38.3 Å². The molecule has 1 aromatic carbocycles. The summed E-state index contributed by atoms with van der Waals surface area (Å²) in [4.78, 5) is 12.2. The minimum absolute atomic E-state index is 0.0938. The van der Waals surface area contributed by atoms with Crippen LogP contribution in [0.5, 0.6) is 5.75 Å². The Balaban J connectivity index is 1.79. The molecule has 0 bridgehead atoms. The van der Waals surface area contributed by atoms with Crippen molar-refractivity contribution in [3.05, 3.63) is 29.8 Å². The summed E-state index contributed by atoms with van der Waals surface area (Å²) in [7, 11) is 0. The minimum atomic E-state index is -4.70. The number of ether oxygens (including phenoxy) is 1. The Bertz CT molecular complexity index is 568. The van der Waals surface area contributed by atoms with Gasteiger partial charge in [-0.3, -0.25) is 4.79 Å². The van der Waals surface area contributed by atoms with Gasteiger partial charge >= 0.3 is 6.36 Å². The van der Waals surface area contributed by atoms with E-state index in [1.54, 1.807) is 0 Å². The molecule has 0 heterocycles. The average Bonchev–Trinajstić information content (AvgIpc) is 2.47. The fraction of sp³-hybridized carbons (Fsp3) is 0.632. The molecule has 1 N–H and O–H groups in total. The van der Waals surface area contributed by atoms with Crippen LogP contribution >= 0.6 is 0 Å². The van der Waals surface area contributed by atoms with Crippen LogP contribution in [0.3, 0.4) is 0 Å². The number of hydrogen-bond acceptors (Lipinski definition) is 2. The van der Waals surface area contributed by atoms with Crippen molar-refractivity contribution in [1.82, 2.24) is 5.32 Å². The Labute approximate surface area is 146 Å². The van der Waals surface area contributed by atoms with Crippen molar-refractivity contribution in [2.24, 2.45) is 11.3 Å². The lowest BCUT2D eigenvalue weighted by atomic mass is 9.71. The van der Waals surface area contributed by atoms with E-state index in [1.807, 2.05) is 0 Å². The molecule has 25 heavy (non-hydrogen) atoms. The third-order valence-corrected chi connectivity index (χ3v) is 4.84. The summed E-state index contributed by atoms with van der Waals surface area (Å²) in [6.45, 7) is 6.76. The van der Waals surface area contributed by atoms with Crippen molar-refractivity contribution in [3.8, 4) is 5.75 Å². The first-order valence-electron chi connectivity index (χ1n) is 8.67. The fourth-order valence-corrected chi connectivity index (χ4v) is 3.38. The van der Waals surface area contributed by atoms with Crippen molar-refractivity contribution in [3.63, 3.8) is 0 Å². The van der Waals surface area contributed by atoms with Crippen molar-refractivity contribution in [2.75, 3.05) is 0 Å². The molecule has 1 saturated carbocycles. The molecule has 0 aromatic heterocycles. The van der Waals surface area contributed by atoms with Gasteiger partial charge in [-0.05, 0) is 54.7 Å². The molecule has 1 amide bonds. The van der Waals surface area contributed by atoms with Gasteiger partial charge in [0.15, 0.2) is 0 Å². The number of amides is 1. The first-order valence-corrected chi connectivity index (χ1v) is 8.67. The van der Waals surface area contributed by atoms with Crippen molar-refractivity contribution >= 4 is 5.91 Å². The van der Waals surface area contributed by atoms with Gasteiger partial charge in [0, 0.05) is 6.04 Å². The second-order valence-corrected chi connectivity index (χ2v) is 7.85. The largest absolute Gasteiger partial charge is 0.573 e. The molecule has 1 aliphatic rings. The fourth-order valence-electron chi connectivity index (χ4n) is 3.38. The van der Waals surface area contributed by atoms with Crippen LogP contribution in [0, 0.1) is 11.3 Å². The van der Waals surface area contributed by atoms with Gasteiger partial charge in [0.25, 0.3) is 0 Å². The third-order valence-electron chi connectivity index (χ3n) is 4.84. The lowest BCUT2D eigenvalue weighted by molar-refractivity contribution is -0.274. The molecule has 0 spiro atoms. The van der Waals surface area contributed by atoms with Crippen LogP contribution in [-0.4, -0.2) is 18.3 Å². The summed E-state index contributed by atoms with van der Waals surface area (Å²) in [6.07, 6.45) is -0.371. The van der Waals surface area contributed by atoms with Gasteiger partial charge in [-0.25, -0.2) is 0 Å². The predicted octanol–water partition coefficient (Wildman–Crippen LogP) is 4.85. The predicted molar refractivity (Wildman–Crippen MR) is 90.2 cm³/mol. The molecule has 3 nitrogen and oxygen atoms in total. The lowest BCUT2D eigenvalue weighted by Gasteiger charge is -2.37. The van der Waals surface area contributed by atoms with E-state index in [9.17, 15) is 18.0 Å². The maximum Gasteiger partial charge on any atom is 0.573 e. The summed E-state index contributed by atoms with van der Waals surface area (Å²) in [5.74, 6) is 0.308. The van der Waals surface area contributed by atoms with E-state index in [-0.39, 0.29) is 24.1 Å². The van der Waals surface area contributed by atoms with E-state index < -0.39 is 6.36 Å². The maximum absolute atomic E-state index is 12.2. The molecule has 140 valence electrons. The molecule has 1 fully saturated rings. The zero-order chi connectivity index (χ0) is 18.7. The van der Waals surface area contributed by atoms with Crippen LogP contribution in [0.2, 0.25) is 0 Å². The first-order chi connectivity index (χ1) is 11.5. The quantitative estimate of drug-likeness (QED) is 0.837. The summed E-state index contributed by atoms with van der Waals surface area (Å²) in [5.41, 5.74) is 0.963. The second kappa shape index (κ2) is 7.67. The van der Waals surface area contributed by atoms with E-state index in [1.165, 1.54) is 24.3 Å². The second-order valence-electron chi connectivity index (χ2n) is 7.85. The summed E-state index contributed by atoms with van der Waals surface area (Å²) >= 11 is 0. The minimum Gasteiger partial charge on any atom is -0.406 e. The zero-order valence-corrected chi connectivity index (χ0v) is 15.0. The number of benzene rings is 1. The number of hydrogen-bond donors (Lipinski definition) is 1. The lowest BCUT2D eigenvalue weighted by Crippen LogP contribution is -2.40. The summed E-state index contributed by atoms with van der Waals surface area (Å²) in [5, 5.41) is 3.04. The number of nitrogens with one attached hydrogen (secondary N) is 1. The Morgan fingerprint density at radius 3 is 2.12 bits per heavy atom. The van der Waals surface area contributed by atoms with Crippen molar-refractivity contribution in [1.29, 1.82) is 0 Å². The van der Waals surface area contributed by atoms with Gasteiger partial charge in [0.2, 0.25) is 5.91 Å². The first kappa shape index (κ1) is 19.6. The van der Waals surface area contributed by atoms with Crippen LogP contribution in [0.1, 0.15) is 52.0 Å². The van der Waals surface area contributed by atoms with E-state index in [0.29, 0.717) is 16.9 Å². The van der Waals surface area contributed by atoms with Crippen LogP contribution in [0.25, 0.3) is 0 Å².